The number of nitrogens with zero attached hydrogens (tertiary/aromatic N) is 3. The molecule has 130 valence electrons. The fraction of sp³-hybridized carbons (Fsp3) is 0.150. The Morgan fingerprint density at radius 2 is 1.92 bits per heavy atom. The molecule has 6 heteroatoms. The molecule has 0 aliphatic rings. The molecule has 1 heterocycles. The molecule has 0 N–H and O–H groups in total. The molecular weight excluding hydrogens is 350 g/mol. The normalized spacial score (nSPS) is 11.6. The number of hydrogen-bond donors (Lipinski definition) is 0. The minimum Gasteiger partial charge on any atom is -0.447 e. The van der Waals surface area contributed by atoms with E-state index in [4.69, 9.17) is 21.6 Å². The van der Waals surface area contributed by atoms with Crippen molar-refractivity contribution in [3.05, 3.63) is 71.4 Å². The van der Waals surface area contributed by atoms with Crippen LogP contribution in [-0.2, 0) is 16.0 Å². The van der Waals surface area contributed by atoms with Crippen LogP contribution in [-0.4, -0.2) is 21.9 Å². The zero-order valence-corrected chi connectivity index (χ0v) is 14.8. The van der Waals surface area contributed by atoms with Crippen molar-refractivity contribution in [3.8, 4) is 23.0 Å². The zero-order chi connectivity index (χ0) is 18.5. The highest BCUT2D eigenvalue weighted by Gasteiger charge is 2.17. The molecule has 1 atom stereocenters. The second kappa shape index (κ2) is 7.85. The third kappa shape index (κ3) is 4.11. The van der Waals surface area contributed by atoms with E-state index in [0.717, 1.165) is 11.3 Å². The highest BCUT2D eigenvalue weighted by atomic mass is 35.5. The molecule has 0 unspecified atom stereocenters. The molecule has 3 rings (SSSR count). The Labute approximate surface area is 156 Å². The second-order valence-corrected chi connectivity index (χ2v) is 6.16. The summed E-state index contributed by atoms with van der Waals surface area (Å²) in [5.74, 6) is -0.470. The number of benzene rings is 2. The van der Waals surface area contributed by atoms with Crippen molar-refractivity contribution in [2.24, 2.45) is 0 Å². The van der Waals surface area contributed by atoms with E-state index in [1.165, 1.54) is 6.92 Å². The van der Waals surface area contributed by atoms with Crippen LogP contribution < -0.4 is 0 Å². The number of para-hydroxylation sites is 1. The van der Waals surface area contributed by atoms with Crippen LogP contribution >= 0.6 is 11.6 Å². The molecule has 3 aromatic rings. The predicted molar refractivity (Wildman–Crippen MR) is 98.9 cm³/mol. The molecule has 0 fully saturated rings. The monoisotopic (exact) mass is 365 g/mol. The lowest BCUT2D eigenvalue weighted by Gasteiger charge is -2.06. The van der Waals surface area contributed by atoms with Crippen LogP contribution in [0.3, 0.4) is 0 Å². The van der Waals surface area contributed by atoms with Crippen molar-refractivity contribution >= 4 is 17.6 Å². The summed E-state index contributed by atoms with van der Waals surface area (Å²) in [4.78, 5) is 12.1. The van der Waals surface area contributed by atoms with Crippen molar-refractivity contribution in [3.63, 3.8) is 0 Å². The topological polar surface area (TPSA) is 67.9 Å². The molecule has 5 nitrogen and oxygen atoms in total. The van der Waals surface area contributed by atoms with E-state index in [1.807, 2.05) is 48.5 Å². The number of aromatic nitrogens is 2. The minimum atomic E-state index is -0.786. The molecule has 0 amide bonds. The van der Waals surface area contributed by atoms with Gasteiger partial charge in [-0.25, -0.2) is 4.68 Å². The quantitative estimate of drug-likeness (QED) is 0.636. The van der Waals surface area contributed by atoms with Crippen molar-refractivity contribution in [1.82, 2.24) is 9.78 Å². The molecule has 1 aromatic heterocycles. The Hall–Kier alpha value is -3.10. The van der Waals surface area contributed by atoms with E-state index in [0.29, 0.717) is 16.3 Å². The fourth-order valence-electron chi connectivity index (χ4n) is 2.52. The summed E-state index contributed by atoms with van der Waals surface area (Å²) in [5.41, 5.74) is 3.12. The average Bonchev–Trinajstić information content (AvgIpc) is 3.06. The van der Waals surface area contributed by atoms with Gasteiger partial charge in [0.25, 0.3) is 0 Å². The van der Waals surface area contributed by atoms with Crippen LogP contribution in [0, 0.1) is 11.3 Å². The van der Waals surface area contributed by atoms with Gasteiger partial charge in [-0.1, -0.05) is 41.9 Å². The summed E-state index contributed by atoms with van der Waals surface area (Å²) >= 11 is 5.97. The maximum atomic E-state index is 12.1. The van der Waals surface area contributed by atoms with E-state index in [2.05, 4.69) is 5.10 Å². The number of halogens is 1. The van der Waals surface area contributed by atoms with Crippen molar-refractivity contribution in [2.45, 2.75) is 19.4 Å². The molecule has 0 saturated carbocycles. The molecule has 0 aliphatic heterocycles. The van der Waals surface area contributed by atoms with E-state index in [1.54, 1.807) is 23.0 Å². The molecule has 0 aliphatic carbocycles. The first-order chi connectivity index (χ1) is 12.6. The van der Waals surface area contributed by atoms with Crippen molar-refractivity contribution in [1.29, 1.82) is 5.26 Å². The number of carbonyl (C=O) groups excluding carboxylic acids is 1. The second-order valence-electron chi connectivity index (χ2n) is 5.73. The van der Waals surface area contributed by atoms with Crippen LogP contribution in [0.1, 0.15) is 12.5 Å². The van der Waals surface area contributed by atoms with Gasteiger partial charge in [-0.3, -0.25) is 4.79 Å². The summed E-state index contributed by atoms with van der Waals surface area (Å²) in [5, 5.41) is 14.1. The van der Waals surface area contributed by atoms with Crippen molar-refractivity contribution < 1.29 is 9.53 Å². The molecular formula is C20H16ClN3O2. The predicted octanol–water partition coefficient (Wildman–Crippen LogP) is 4.19. The first-order valence-electron chi connectivity index (χ1n) is 8.06. The van der Waals surface area contributed by atoms with Crippen LogP contribution in [0.15, 0.2) is 60.8 Å². The average molecular weight is 366 g/mol. The van der Waals surface area contributed by atoms with Gasteiger partial charge in [0.1, 0.15) is 6.07 Å². The Kier molecular flexibility index (Phi) is 5.35. The van der Waals surface area contributed by atoms with E-state index in [-0.39, 0.29) is 6.42 Å². The summed E-state index contributed by atoms with van der Waals surface area (Å²) in [7, 11) is 0. The molecule has 0 saturated heterocycles. The van der Waals surface area contributed by atoms with E-state index in [9.17, 15) is 4.79 Å². The smallest absolute Gasteiger partial charge is 0.311 e. The number of carbonyl (C=O) groups is 1. The molecule has 0 radical (unpaired) electrons. The van der Waals surface area contributed by atoms with Gasteiger partial charge in [0.05, 0.1) is 17.8 Å². The van der Waals surface area contributed by atoms with Gasteiger partial charge in [0.15, 0.2) is 6.10 Å². The Morgan fingerprint density at radius 3 is 2.58 bits per heavy atom. The van der Waals surface area contributed by atoms with E-state index < -0.39 is 12.1 Å². The lowest BCUT2D eigenvalue weighted by Crippen LogP contribution is -2.15. The van der Waals surface area contributed by atoms with Gasteiger partial charge in [0, 0.05) is 22.3 Å². The van der Waals surface area contributed by atoms with Gasteiger partial charge in [0.2, 0.25) is 0 Å². The zero-order valence-electron chi connectivity index (χ0n) is 14.1. The van der Waals surface area contributed by atoms with Gasteiger partial charge >= 0.3 is 5.97 Å². The van der Waals surface area contributed by atoms with Crippen molar-refractivity contribution in [2.75, 3.05) is 0 Å². The molecule has 0 bridgehead atoms. The first kappa shape index (κ1) is 17.7. The number of ether oxygens (including phenoxy) is 1. The maximum Gasteiger partial charge on any atom is 0.311 e. The molecule has 0 spiro atoms. The number of esters is 1. The number of hydrogen-bond acceptors (Lipinski definition) is 4. The van der Waals surface area contributed by atoms with Gasteiger partial charge < -0.3 is 4.74 Å². The summed E-state index contributed by atoms with van der Waals surface area (Å²) in [6.45, 7) is 1.53. The third-order valence-electron chi connectivity index (χ3n) is 3.75. The Bertz CT molecular complexity index is 943. The number of nitriles is 1. The largest absolute Gasteiger partial charge is 0.447 e. The van der Waals surface area contributed by atoms with Crippen LogP contribution in [0.25, 0.3) is 16.9 Å². The van der Waals surface area contributed by atoms with Crippen LogP contribution in [0.2, 0.25) is 5.02 Å². The molecule has 2 aromatic carbocycles. The lowest BCUT2D eigenvalue weighted by molar-refractivity contribution is -0.145. The summed E-state index contributed by atoms with van der Waals surface area (Å²) in [6.07, 6.45) is 1.04. The van der Waals surface area contributed by atoms with Gasteiger partial charge in [-0.15, -0.1) is 0 Å². The number of rotatable bonds is 5. The lowest BCUT2D eigenvalue weighted by atomic mass is 10.1. The Morgan fingerprint density at radius 1 is 1.23 bits per heavy atom. The first-order valence-corrected chi connectivity index (χ1v) is 8.43. The van der Waals surface area contributed by atoms with Crippen LogP contribution in [0.4, 0.5) is 0 Å². The van der Waals surface area contributed by atoms with Crippen LogP contribution in [0.5, 0.6) is 0 Å². The summed E-state index contributed by atoms with van der Waals surface area (Å²) in [6, 6.07) is 18.8. The fourth-order valence-corrected chi connectivity index (χ4v) is 2.65. The SMILES string of the molecule is C[C@H](C#N)OC(=O)Cc1cn(-c2ccccc2)nc1-c1ccc(Cl)cc1. The highest BCUT2D eigenvalue weighted by Crippen LogP contribution is 2.26. The minimum absolute atomic E-state index is 0.0246. The maximum absolute atomic E-state index is 12.1. The third-order valence-corrected chi connectivity index (χ3v) is 4.01. The Balaban J connectivity index is 1.98. The van der Waals surface area contributed by atoms with Gasteiger partial charge in [-0.05, 0) is 31.2 Å². The van der Waals surface area contributed by atoms with E-state index >= 15 is 0 Å². The highest BCUT2D eigenvalue weighted by molar-refractivity contribution is 6.30. The van der Waals surface area contributed by atoms with Gasteiger partial charge in [-0.2, -0.15) is 10.4 Å². The molecule has 26 heavy (non-hydrogen) atoms. The summed E-state index contributed by atoms with van der Waals surface area (Å²) < 4.78 is 6.79. The standard InChI is InChI=1S/C20H16ClN3O2/c1-14(12-22)26-19(25)11-16-13-24(18-5-3-2-4-6-18)23-20(16)15-7-9-17(21)10-8-15/h2-10,13-14H,11H2,1H3/t14-/m1/s1.